The number of benzene rings is 1. The molecule has 1 saturated carbocycles. The van der Waals surface area contributed by atoms with Crippen LogP contribution in [0.5, 0.6) is 5.75 Å². The Bertz CT molecular complexity index is 405. The van der Waals surface area contributed by atoms with Gasteiger partial charge in [-0.1, -0.05) is 18.9 Å². The second-order valence-electron chi connectivity index (χ2n) is 5.60. The summed E-state index contributed by atoms with van der Waals surface area (Å²) in [6, 6.07) is 6.62. The van der Waals surface area contributed by atoms with Crippen molar-refractivity contribution in [3.05, 3.63) is 29.3 Å². The number of hydrogen-bond acceptors (Lipinski definition) is 3. The smallest absolute Gasteiger partial charge is 0.119 e. The largest absolute Gasteiger partial charge is 0.491 e. The van der Waals surface area contributed by atoms with Crippen molar-refractivity contribution >= 4 is 12.4 Å². The lowest BCUT2D eigenvalue weighted by Crippen LogP contribution is -2.36. The molecule has 0 radical (unpaired) electrons. The molecule has 114 valence electrons. The van der Waals surface area contributed by atoms with Gasteiger partial charge in [-0.25, -0.2) is 0 Å². The zero-order valence-electron chi connectivity index (χ0n) is 12.4. The van der Waals surface area contributed by atoms with Gasteiger partial charge in [0.05, 0.1) is 0 Å². The van der Waals surface area contributed by atoms with E-state index in [2.05, 4.69) is 19.2 Å². The van der Waals surface area contributed by atoms with Gasteiger partial charge >= 0.3 is 0 Å². The number of aliphatic hydroxyl groups is 1. The lowest BCUT2D eigenvalue weighted by Gasteiger charge is -2.17. The number of rotatable bonds is 6. The first kappa shape index (κ1) is 17.3. The maximum absolute atomic E-state index is 9.91. The van der Waals surface area contributed by atoms with E-state index in [1.165, 1.54) is 36.8 Å². The van der Waals surface area contributed by atoms with Gasteiger partial charge in [-0.3, -0.25) is 0 Å². The number of halogens is 1. The third-order valence-corrected chi connectivity index (χ3v) is 3.92. The van der Waals surface area contributed by atoms with Crippen molar-refractivity contribution < 1.29 is 9.84 Å². The van der Waals surface area contributed by atoms with E-state index in [-0.39, 0.29) is 12.4 Å². The molecule has 1 unspecified atom stereocenters. The van der Waals surface area contributed by atoms with Crippen LogP contribution in [0.25, 0.3) is 0 Å². The molecule has 1 aromatic carbocycles. The lowest BCUT2D eigenvalue weighted by atomic mass is 10.1. The van der Waals surface area contributed by atoms with Crippen LogP contribution in [0.2, 0.25) is 0 Å². The van der Waals surface area contributed by atoms with Crippen molar-refractivity contribution in [3.8, 4) is 5.75 Å². The van der Waals surface area contributed by atoms with Crippen molar-refractivity contribution in [2.45, 2.75) is 51.7 Å². The molecule has 1 aliphatic rings. The van der Waals surface area contributed by atoms with Gasteiger partial charge < -0.3 is 15.2 Å². The molecule has 20 heavy (non-hydrogen) atoms. The monoisotopic (exact) mass is 299 g/mol. The molecule has 0 saturated heterocycles. The number of ether oxygens (including phenoxy) is 1. The Kier molecular flexibility index (Phi) is 7.35. The van der Waals surface area contributed by atoms with E-state index in [0.717, 1.165) is 5.75 Å². The lowest BCUT2D eigenvalue weighted by molar-refractivity contribution is 0.104. The maximum Gasteiger partial charge on any atom is 0.119 e. The summed E-state index contributed by atoms with van der Waals surface area (Å²) in [4.78, 5) is 0. The summed E-state index contributed by atoms with van der Waals surface area (Å²) in [5, 5.41) is 13.3. The molecule has 3 nitrogen and oxygen atoms in total. The minimum atomic E-state index is -0.442. The zero-order chi connectivity index (χ0) is 13.7. The highest BCUT2D eigenvalue weighted by atomic mass is 35.5. The van der Waals surface area contributed by atoms with Crippen molar-refractivity contribution in [2.24, 2.45) is 0 Å². The molecule has 0 aliphatic heterocycles. The van der Waals surface area contributed by atoms with Crippen molar-refractivity contribution in [1.29, 1.82) is 0 Å². The van der Waals surface area contributed by atoms with E-state index < -0.39 is 6.10 Å². The summed E-state index contributed by atoms with van der Waals surface area (Å²) in [6.07, 6.45) is 4.66. The SMILES string of the molecule is Cc1ccc(OCC(O)CNC2CCCC2)cc1C.Cl. The number of hydrogen-bond donors (Lipinski definition) is 2. The molecule has 4 heteroatoms. The summed E-state index contributed by atoms with van der Waals surface area (Å²) in [5.74, 6) is 0.836. The summed E-state index contributed by atoms with van der Waals surface area (Å²) in [5.41, 5.74) is 2.48. The van der Waals surface area contributed by atoms with Crippen LogP contribution >= 0.6 is 12.4 Å². The maximum atomic E-state index is 9.91. The van der Waals surface area contributed by atoms with Gasteiger partial charge in [0, 0.05) is 12.6 Å². The third-order valence-electron chi connectivity index (χ3n) is 3.92. The molecule has 0 heterocycles. The minimum absolute atomic E-state index is 0. The van der Waals surface area contributed by atoms with Crippen LogP contribution in [0.4, 0.5) is 0 Å². The molecule has 0 bridgehead atoms. The van der Waals surface area contributed by atoms with E-state index in [0.29, 0.717) is 19.2 Å². The Morgan fingerprint density at radius 1 is 1.25 bits per heavy atom. The summed E-state index contributed by atoms with van der Waals surface area (Å²) in [6.45, 7) is 5.12. The van der Waals surface area contributed by atoms with Crippen molar-refractivity contribution in [1.82, 2.24) is 5.32 Å². The molecule has 0 amide bonds. The highest BCUT2D eigenvalue weighted by Crippen LogP contribution is 2.18. The number of nitrogens with one attached hydrogen (secondary N) is 1. The highest BCUT2D eigenvalue weighted by molar-refractivity contribution is 5.85. The van der Waals surface area contributed by atoms with Gasteiger partial charge in [-0.05, 0) is 49.9 Å². The van der Waals surface area contributed by atoms with Gasteiger partial charge in [0.2, 0.25) is 0 Å². The van der Waals surface area contributed by atoms with Crippen LogP contribution in [-0.4, -0.2) is 30.4 Å². The standard InChI is InChI=1S/C16H25NO2.ClH/c1-12-7-8-16(9-13(12)2)19-11-15(18)10-17-14-5-3-4-6-14;/h7-9,14-15,17-18H,3-6,10-11H2,1-2H3;1H. The molecule has 1 atom stereocenters. The number of aryl methyl sites for hydroxylation is 2. The second kappa shape index (κ2) is 8.50. The van der Waals surface area contributed by atoms with Gasteiger partial charge in [-0.2, -0.15) is 0 Å². The van der Waals surface area contributed by atoms with E-state index in [1.807, 2.05) is 18.2 Å². The van der Waals surface area contributed by atoms with E-state index in [4.69, 9.17) is 4.74 Å². The molecule has 1 aromatic rings. The Balaban J connectivity index is 0.00000200. The molecular weight excluding hydrogens is 274 g/mol. The minimum Gasteiger partial charge on any atom is -0.491 e. The first-order chi connectivity index (χ1) is 9.15. The van der Waals surface area contributed by atoms with Gasteiger partial charge in [-0.15, -0.1) is 12.4 Å². The third kappa shape index (κ3) is 5.31. The van der Waals surface area contributed by atoms with Gasteiger partial charge in [0.1, 0.15) is 18.5 Å². The quantitative estimate of drug-likeness (QED) is 0.848. The van der Waals surface area contributed by atoms with E-state index in [9.17, 15) is 5.11 Å². The molecule has 2 N–H and O–H groups in total. The molecule has 1 fully saturated rings. The van der Waals surface area contributed by atoms with E-state index >= 15 is 0 Å². The fourth-order valence-electron chi connectivity index (χ4n) is 2.49. The van der Waals surface area contributed by atoms with Crippen molar-refractivity contribution in [3.63, 3.8) is 0 Å². The van der Waals surface area contributed by atoms with Crippen LogP contribution in [0, 0.1) is 13.8 Å². The molecule has 2 rings (SSSR count). The topological polar surface area (TPSA) is 41.5 Å². The average Bonchev–Trinajstić information content (AvgIpc) is 2.91. The summed E-state index contributed by atoms with van der Waals surface area (Å²) in [7, 11) is 0. The van der Waals surface area contributed by atoms with Gasteiger partial charge in [0.15, 0.2) is 0 Å². The summed E-state index contributed by atoms with van der Waals surface area (Å²) >= 11 is 0. The fraction of sp³-hybridized carbons (Fsp3) is 0.625. The molecule has 1 aliphatic carbocycles. The molecule has 0 aromatic heterocycles. The predicted octanol–water partition coefficient (Wildman–Crippen LogP) is 3.00. The normalized spacial score (nSPS) is 16.8. The predicted molar refractivity (Wildman–Crippen MR) is 84.9 cm³/mol. The first-order valence-electron chi connectivity index (χ1n) is 7.26. The summed E-state index contributed by atoms with van der Waals surface area (Å²) < 4.78 is 5.63. The Hall–Kier alpha value is -0.770. The Morgan fingerprint density at radius 3 is 2.60 bits per heavy atom. The second-order valence-corrected chi connectivity index (χ2v) is 5.60. The zero-order valence-corrected chi connectivity index (χ0v) is 13.2. The highest BCUT2D eigenvalue weighted by Gasteiger charge is 2.15. The van der Waals surface area contributed by atoms with Crippen LogP contribution in [0.15, 0.2) is 18.2 Å². The molecule has 0 spiro atoms. The fourth-order valence-corrected chi connectivity index (χ4v) is 2.49. The first-order valence-corrected chi connectivity index (χ1v) is 7.26. The van der Waals surface area contributed by atoms with Gasteiger partial charge in [0.25, 0.3) is 0 Å². The van der Waals surface area contributed by atoms with Crippen LogP contribution < -0.4 is 10.1 Å². The Labute approximate surface area is 128 Å². The molecular formula is C16H26ClNO2. The van der Waals surface area contributed by atoms with Crippen molar-refractivity contribution in [2.75, 3.05) is 13.2 Å². The Morgan fingerprint density at radius 2 is 1.95 bits per heavy atom. The van der Waals surface area contributed by atoms with Crippen LogP contribution in [0.3, 0.4) is 0 Å². The van der Waals surface area contributed by atoms with Crippen LogP contribution in [-0.2, 0) is 0 Å². The van der Waals surface area contributed by atoms with Crippen LogP contribution in [0.1, 0.15) is 36.8 Å². The van der Waals surface area contributed by atoms with E-state index in [1.54, 1.807) is 0 Å². The number of aliphatic hydroxyl groups excluding tert-OH is 1. The average molecular weight is 300 g/mol.